The summed E-state index contributed by atoms with van der Waals surface area (Å²) in [6.45, 7) is 7.38. The van der Waals surface area contributed by atoms with Crippen LogP contribution in [-0.2, 0) is 4.79 Å². The fourth-order valence-corrected chi connectivity index (χ4v) is 3.77. The molecule has 0 unspecified atom stereocenters. The first-order chi connectivity index (χ1) is 14.0. The second-order valence-corrected chi connectivity index (χ2v) is 7.79. The molecule has 4 rings (SSSR count). The van der Waals surface area contributed by atoms with E-state index in [9.17, 15) is 4.79 Å². The number of carbonyl (C=O) groups excluding carboxylic acids is 1. The van der Waals surface area contributed by atoms with Gasteiger partial charge in [-0.25, -0.2) is 9.97 Å². The van der Waals surface area contributed by atoms with Gasteiger partial charge in [0, 0.05) is 31.4 Å². The van der Waals surface area contributed by atoms with Crippen molar-refractivity contribution in [1.82, 2.24) is 15.3 Å². The summed E-state index contributed by atoms with van der Waals surface area (Å²) in [5.41, 5.74) is 1.96. The lowest BCUT2D eigenvalue weighted by atomic mass is 9.81. The topological polar surface area (TPSA) is 79.7 Å². The Bertz CT molecular complexity index is 917. The Labute approximate surface area is 171 Å². The molecular weight excluding hydrogens is 366 g/mol. The highest BCUT2D eigenvalue weighted by molar-refractivity contribution is 5.80. The molecule has 7 nitrogen and oxygen atoms in total. The molecule has 0 bridgehead atoms. The second-order valence-electron chi connectivity index (χ2n) is 7.79. The fraction of sp³-hybridized carbons (Fsp3) is 0.455. The minimum absolute atomic E-state index is 0.0262. The smallest absolute Gasteiger partial charge is 0.223 e. The molecule has 7 heteroatoms. The van der Waals surface area contributed by atoms with Crippen molar-refractivity contribution in [3.05, 3.63) is 41.9 Å². The predicted molar refractivity (Wildman–Crippen MR) is 113 cm³/mol. The average molecular weight is 393 g/mol. The highest BCUT2D eigenvalue weighted by Gasteiger charge is 2.39. The number of aryl methyl sites for hydroxylation is 2. The van der Waals surface area contributed by atoms with Crippen LogP contribution in [0.2, 0.25) is 0 Å². The van der Waals surface area contributed by atoms with Crippen LogP contribution in [0.15, 0.2) is 35.5 Å². The first-order valence-corrected chi connectivity index (χ1v) is 10.1. The largest absolute Gasteiger partial charge is 0.488 e. The van der Waals surface area contributed by atoms with Gasteiger partial charge in [0.15, 0.2) is 0 Å². The number of ether oxygens (including phenoxy) is 1. The molecule has 1 amide bonds. The highest BCUT2D eigenvalue weighted by atomic mass is 16.5. The van der Waals surface area contributed by atoms with E-state index in [0.717, 1.165) is 54.6 Å². The van der Waals surface area contributed by atoms with E-state index in [1.54, 1.807) is 12.4 Å². The van der Waals surface area contributed by atoms with E-state index >= 15 is 0 Å². The maximum atomic E-state index is 12.5. The summed E-state index contributed by atoms with van der Waals surface area (Å²) in [5.74, 6) is 2.63. The number of benzene rings is 1. The van der Waals surface area contributed by atoms with E-state index in [-0.39, 0.29) is 24.0 Å². The van der Waals surface area contributed by atoms with Crippen LogP contribution < -0.4 is 15.0 Å². The third-order valence-corrected chi connectivity index (χ3v) is 5.53. The summed E-state index contributed by atoms with van der Waals surface area (Å²) in [6, 6.07) is 8.03. The van der Waals surface area contributed by atoms with Gasteiger partial charge in [0.2, 0.25) is 5.91 Å². The molecule has 2 aliphatic rings. The zero-order valence-corrected chi connectivity index (χ0v) is 17.1. The standard InChI is InChI=1S/C22H27N5O2/c1-4-23-21-14(2)6-5-7-19(21)29-18-10-16(11-18)22(28)26-17-12-27(13-17)20-8-9-24-15(3)25-20/h4-9,16-18H,10-13H2,1-3H3,(H,26,28). The van der Waals surface area contributed by atoms with Crippen molar-refractivity contribution in [2.75, 3.05) is 18.0 Å². The number of nitrogens with one attached hydrogen (secondary N) is 1. The van der Waals surface area contributed by atoms with Gasteiger partial charge in [-0.3, -0.25) is 9.79 Å². The summed E-state index contributed by atoms with van der Waals surface area (Å²) in [4.78, 5) is 27.6. The minimum atomic E-state index is 0.0262. The molecule has 1 aromatic carbocycles. The second kappa shape index (κ2) is 8.19. The van der Waals surface area contributed by atoms with E-state index in [1.165, 1.54) is 0 Å². The number of hydrogen-bond donors (Lipinski definition) is 1. The molecule has 2 fully saturated rings. The van der Waals surface area contributed by atoms with Crippen LogP contribution in [0.3, 0.4) is 0 Å². The molecule has 1 aliphatic carbocycles. The van der Waals surface area contributed by atoms with Crippen LogP contribution in [0.4, 0.5) is 11.5 Å². The van der Waals surface area contributed by atoms with Crippen molar-refractivity contribution >= 4 is 23.6 Å². The Morgan fingerprint density at radius 2 is 2.07 bits per heavy atom. The van der Waals surface area contributed by atoms with Crippen LogP contribution in [-0.4, -0.2) is 47.3 Å². The number of anilines is 1. The van der Waals surface area contributed by atoms with Gasteiger partial charge in [0.25, 0.3) is 0 Å². The third kappa shape index (κ3) is 4.23. The summed E-state index contributed by atoms with van der Waals surface area (Å²) >= 11 is 0. The van der Waals surface area contributed by atoms with Gasteiger partial charge in [-0.05, 0) is 51.3 Å². The SMILES string of the molecule is CC=Nc1c(C)cccc1OC1CC(C(=O)NC2CN(c3ccnc(C)n3)C2)C1. The summed E-state index contributed by atoms with van der Waals surface area (Å²) in [5, 5.41) is 3.15. The van der Waals surface area contributed by atoms with Crippen molar-refractivity contribution in [2.45, 2.75) is 45.8 Å². The molecule has 2 aromatic rings. The number of rotatable bonds is 6. The Hall–Kier alpha value is -2.96. The maximum absolute atomic E-state index is 12.5. The zero-order chi connectivity index (χ0) is 20.4. The molecule has 152 valence electrons. The van der Waals surface area contributed by atoms with E-state index in [4.69, 9.17) is 4.74 Å². The molecule has 1 saturated carbocycles. The first kappa shape index (κ1) is 19.4. The molecule has 0 spiro atoms. The summed E-state index contributed by atoms with van der Waals surface area (Å²) in [6.07, 6.45) is 5.11. The number of amides is 1. The van der Waals surface area contributed by atoms with Crippen LogP contribution in [0, 0.1) is 19.8 Å². The van der Waals surface area contributed by atoms with Crippen molar-refractivity contribution in [1.29, 1.82) is 0 Å². The third-order valence-electron chi connectivity index (χ3n) is 5.53. The monoisotopic (exact) mass is 393 g/mol. The molecule has 1 aromatic heterocycles. The fourth-order valence-electron chi connectivity index (χ4n) is 3.77. The number of carbonyl (C=O) groups is 1. The predicted octanol–water partition coefficient (Wildman–Crippen LogP) is 2.98. The zero-order valence-electron chi connectivity index (χ0n) is 17.1. The summed E-state index contributed by atoms with van der Waals surface area (Å²) in [7, 11) is 0. The van der Waals surface area contributed by atoms with E-state index in [0.29, 0.717) is 0 Å². The lowest BCUT2D eigenvalue weighted by Crippen LogP contribution is -2.61. The average Bonchev–Trinajstić information content (AvgIpc) is 2.62. The highest BCUT2D eigenvalue weighted by Crippen LogP contribution is 2.37. The lowest BCUT2D eigenvalue weighted by Gasteiger charge is -2.42. The number of nitrogens with zero attached hydrogens (tertiary/aromatic N) is 4. The molecule has 0 atom stereocenters. The minimum Gasteiger partial charge on any atom is -0.488 e. The van der Waals surface area contributed by atoms with Gasteiger partial charge in [-0.2, -0.15) is 0 Å². The Balaban J connectivity index is 1.23. The number of aromatic nitrogens is 2. The van der Waals surface area contributed by atoms with Crippen molar-refractivity contribution in [2.24, 2.45) is 10.9 Å². The van der Waals surface area contributed by atoms with Gasteiger partial charge >= 0.3 is 0 Å². The van der Waals surface area contributed by atoms with Crippen molar-refractivity contribution in [3.8, 4) is 5.75 Å². The van der Waals surface area contributed by atoms with Crippen LogP contribution in [0.25, 0.3) is 0 Å². The van der Waals surface area contributed by atoms with Gasteiger partial charge in [-0.1, -0.05) is 12.1 Å². The Morgan fingerprint density at radius 1 is 1.28 bits per heavy atom. The van der Waals surface area contributed by atoms with Gasteiger partial charge in [0.1, 0.15) is 29.2 Å². The molecule has 1 saturated heterocycles. The normalized spacial score (nSPS) is 21.6. The number of para-hydroxylation sites is 1. The quantitative estimate of drug-likeness (QED) is 0.763. The Kier molecular flexibility index (Phi) is 5.47. The molecule has 29 heavy (non-hydrogen) atoms. The van der Waals surface area contributed by atoms with Crippen molar-refractivity contribution in [3.63, 3.8) is 0 Å². The molecule has 1 aliphatic heterocycles. The molecule has 1 N–H and O–H groups in total. The van der Waals surface area contributed by atoms with Gasteiger partial charge < -0.3 is 15.0 Å². The van der Waals surface area contributed by atoms with Crippen LogP contribution in [0.5, 0.6) is 5.75 Å². The summed E-state index contributed by atoms with van der Waals surface area (Å²) < 4.78 is 6.11. The molecule has 2 heterocycles. The molecular formula is C22H27N5O2. The van der Waals surface area contributed by atoms with Gasteiger partial charge in [-0.15, -0.1) is 0 Å². The van der Waals surface area contributed by atoms with Gasteiger partial charge in [0.05, 0.1) is 6.04 Å². The van der Waals surface area contributed by atoms with Crippen molar-refractivity contribution < 1.29 is 9.53 Å². The van der Waals surface area contributed by atoms with Crippen LogP contribution in [0.1, 0.15) is 31.2 Å². The number of aliphatic imine (C=N–C) groups is 1. The number of hydrogen-bond acceptors (Lipinski definition) is 6. The van der Waals surface area contributed by atoms with E-state index in [1.807, 2.05) is 45.0 Å². The lowest BCUT2D eigenvalue weighted by molar-refractivity contribution is -0.131. The molecule has 0 radical (unpaired) electrons. The van der Waals surface area contributed by atoms with E-state index < -0.39 is 0 Å². The van der Waals surface area contributed by atoms with Crippen LogP contribution >= 0.6 is 0 Å². The maximum Gasteiger partial charge on any atom is 0.223 e. The van der Waals surface area contributed by atoms with E-state index in [2.05, 4.69) is 25.2 Å². The Morgan fingerprint density at radius 3 is 2.79 bits per heavy atom. The first-order valence-electron chi connectivity index (χ1n) is 10.1.